The third kappa shape index (κ3) is 9.06. The van der Waals surface area contributed by atoms with Crippen LogP contribution in [0.4, 0.5) is 0 Å². The highest BCUT2D eigenvalue weighted by Gasteiger charge is 1.85. The molecule has 0 bridgehead atoms. The van der Waals surface area contributed by atoms with E-state index in [1.54, 1.807) is 0 Å². The predicted molar refractivity (Wildman–Crippen MR) is 61.0 cm³/mol. The van der Waals surface area contributed by atoms with Gasteiger partial charge < -0.3 is 0 Å². The zero-order chi connectivity index (χ0) is 10.7. The lowest BCUT2D eigenvalue weighted by atomic mass is 10.2. The first-order chi connectivity index (χ1) is 6.22. The standard InChI is InChI=1S/C7H9N.C3H8.C2H6/c1-6-4-3-5-8-7(6)2;1-3-2;1-2/h3-5H,1-2H3;3H2,1-2H3;1-2H3. The van der Waals surface area contributed by atoms with Crippen molar-refractivity contribution in [2.75, 3.05) is 0 Å². The van der Waals surface area contributed by atoms with Crippen LogP contribution in [0.1, 0.15) is 45.4 Å². The second kappa shape index (κ2) is 11.2. The molecule has 0 amide bonds. The molecule has 0 spiro atoms. The molecular formula is C12H23N. The van der Waals surface area contributed by atoms with E-state index in [2.05, 4.69) is 31.8 Å². The van der Waals surface area contributed by atoms with Crippen molar-refractivity contribution in [3.8, 4) is 0 Å². The number of pyridine rings is 1. The summed E-state index contributed by atoms with van der Waals surface area (Å²) < 4.78 is 0. The van der Waals surface area contributed by atoms with E-state index in [4.69, 9.17) is 0 Å². The van der Waals surface area contributed by atoms with Crippen molar-refractivity contribution < 1.29 is 0 Å². The zero-order valence-electron chi connectivity index (χ0n) is 9.89. The molecule has 0 aliphatic heterocycles. The molecule has 1 aromatic rings. The molecule has 76 valence electrons. The second-order valence-electron chi connectivity index (χ2n) is 2.61. The maximum Gasteiger partial charge on any atom is 0.0401 e. The van der Waals surface area contributed by atoms with E-state index in [0.717, 1.165) is 5.69 Å². The van der Waals surface area contributed by atoms with E-state index in [1.165, 1.54) is 12.0 Å². The lowest BCUT2D eigenvalue weighted by Gasteiger charge is -1.92. The van der Waals surface area contributed by atoms with Gasteiger partial charge in [-0.15, -0.1) is 0 Å². The smallest absolute Gasteiger partial charge is 0.0401 e. The molecule has 0 unspecified atom stereocenters. The second-order valence-corrected chi connectivity index (χ2v) is 2.61. The van der Waals surface area contributed by atoms with Gasteiger partial charge in [0.25, 0.3) is 0 Å². The van der Waals surface area contributed by atoms with Gasteiger partial charge in [0.05, 0.1) is 0 Å². The number of nitrogens with zero attached hydrogens (tertiary/aromatic N) is 1. The molecule has 13 heavy (non-hydrogen) atoms. The lowest BCUT2D eigenvalue weighted by molar-refractivity contribution is 1.09. The number of hydrogen-bond acceptors (Lipinski definition) is 1. The monoisotopic (exact) mass is 181 g/mol. The van der Waals surface area contributed by atoms with Crippen molar-refractivity contribution >= 4 is 0 Å². The Morgan fingerprint density at radius 2 is 1.62 bits per heavy atom. The fourth-order valence-corrected chi connectivity index (χ4v) is 0.565. The van der Waals surface area contributed by atoms with E-state index < -0.39 is 0 Å². The molecule has 1 heterocycles. The van der Waals surface area contributed by atoms with Crippen LogP contribution in [-0.2, 0) is 0 Å². The van der Waals surface area contributed by atoms with E-state index in [1.807, 2.05) is 33.0 Å². The highest BCUT2D eigenvalue weighted by atomic mass is 14.6. The summed E-state index contributed by atoms with van der Waals surface area (Å²) >= 11 is 0. The minimum Gasteiger partial charge on any atom is -0.261 e. The van der Waals surface area contributed by atoms with Gasteiger partial charge in [-0.1, -0.05) is 40.2 Å². The molecule has 1 nitrogen and oxygen atoms in total. The van der Waals surface area contributed by atoms with Crippen molar-refractivity contribution in [2.45, 2.75) is 48.0 Å². The molecule has 0 saturated carbocycles. The quantitative estimate of drug-likeness (QED) is 0.586. The number of aromatic nitrogens is 1. The van der Waals surface area contributed by atoms with Crippen LogP contribution in [0.3, 0.4) is 0 Å². The Kier molecular flexibility index (Phi) is 12.6. The summed E-state index contributed by atoms with van der Waals surface area (Å²) in [7, 11) is 0. The van der Waals surface area contributed by atoms with Gasteiger partial charge in [0.1, 0.15) is 0 Å². The third-order valence-electron chi connectivity index (χ3n) is 1.27. The zero-order valence-corrected chi connectivity index (χ0v) is 9.89. The topological polar surface area (TPSA) is 12.9 Å². The highest BCUT2D eigenvalue weighted by molar-refractivity contribution is 5.15. The maximum absolute atomic E-state index is 4.08. The third-order valence-corrected chi connectivity index (χ3v) is 1.27. The van der Waals surface area contributed by atoms with Crippen LogP contribution in [0.15, 0.2) is 18.3 Å². The predicted octanol–water partition coefficient (Wildman–Crippen LogP) is 4.14. The number of hydrogen-bond donors (Lipinski definition) is 0. The molecular weight excluding hydrogens is 158 g/mol. The van der Waals surface area contributed by atoms with Crippen LogP contribution in [0.25, 0.3) is 0 Å². The summed E-state index contributed by atoms with van der Waals surface area (Å²) in [5.41, 5.74) is 2.38. The summed E-state index contributed by atoms with van der Waals surface area (Å²) in [6.45, 7) is 12.3. The molecule has 0 aliphatic carbocycles. The average Bonchev–Trinajstić information content (AvgIpc) is 2.15. The molecule has 0 fully saturated rings. The molecule has 0 radical (unpaired) electrons. The summed E-state index contributed by atoms with van der Waals surface area (Å²) in [5, 5.41) is 0. The van der Waals surface area contributed by atoms with Gasteiger partial charge in [0.2, 0.25) is 0 Å². The molecule has 1 rings (SSSR count). The van der Waals surface area contributed by atoms with E-state index in [0.29, 0.717) is 0 Å². The fourth-order valence-electron chi connectivity index (χ4n) is 0.565. The molecule has 1 aromatic heterocycles. The van der Waals surface area contributed by atoms with Crippen LogP contribution >= 0.6 is 0 Å². The molecule has 0 saturated heterocycles. The Morgan fingerprint density at radius 3 is 1.85 bits per heavy atom. The van der Waals surface area contributed by atoms with E-state index in [9.17, 15) is 0 Å². The van der Waals surface area contributed by atoms with E-state index in [-0.39, 0.29) is 0 Å². The van der Waals surface area contributed by atoms with Gasteiger partial charge in [-0.05, 0) is 25.5 Å². The Labute approximate surface area is 83.2 Å². The molecule has 1 heteroatoms. The first kappa shape index (κ1) is 14.7. The summed E-state index contributed by atoms with van der Waals surface area (Å²) in [6.07, 6.45) is 3.06. The van der Waals surface area contributed by atoms with Crippen molar-refractivity contribution in [1.29, 1.82) is 0 Å². The van der Waals surface area contributed by atoms with Crippen LogP contribution < -0.4 is 0 Å². The highest BCUT2D eigenvalue weighted by Crippen LogP contribution is 1.98. The molecule has 0 atom stereocenters. The minimum atomic E-state index is 1.12. The minimum absolute atomic E-state index is 1.12. The van der Waals surface area contributed by atoms with Crippen LogP contribution in [0.2, 0.25) is 0 Å². The SMILES string of the molecule is CC.CCC.Cc1cccnc1C. The maximum atomic E-state index is 4.08. The van der Waals surface area contributed by atoms with Gasteiger partial charge in [0.15, 0.2) is 0 Å². The molecule has 0 N–H and O–H groups in total. The van der Waals surface area contributed by atoms with Crippen LogP contribution in [0, 0.1) is 13.8 Å². The number of rotatable bonds is 0. The van der Waals surface area contributed by atoms with Crippen LogP contribution in [0.5, 0.6) is 0 Å². The van der Waals surface area contributed by atoms with Gasteiger partial charge in [-0.25, -0.2) is 0 Å². The van der Waals surface area contributed by atoms with Crippen molar-refractivity contribution in [1.82, 2.24) is 4.98 Å². The van der Waals surface area contributed by atoms with Crippen molar-refractivity contribution in [3.05, 3.63) is 29.6 Å². The Hall–Kier alpha value is -0.850. The molecule has 0 aliphatic rings. The largest absolute Gasteiger partial charge is 0.261 e. The van der Waals surface area contributed by atoms with E-state index >= 15 is 0 Å². The lowest BCUT2D eigenvalue weighted by Crippen LogP contribution is -1.81. The van der Waals surface area contributed by atoms with Gasteiger partial charge >= 0.3 is 0 Å². The molecule has 0 aromatic carbocycles. The summed E-state index contributed by atoms with van der Waals surface area (Å²) in [4.78, 5) is 4.08. The van der Waals surface area contributed by atoms with Gasteiger partial charge in [-0.3, -0.25) is 4.98 Å². The summed E-state index contributed by atoms with van der Waals surface area (Å²) in [5.74, 6) is 0. The van der Waals surface area contributed by atoms with Crippen molar-refractivity contribution in [2.24, 2.45) is 0 Å². The van der Waals surface area contributed by atoms with Crippen molar-refractivity contribution in [3.63, 3.8) is 0 Å². The Balaban J connectivity index is 0. The fraction of sp³-hybridized carbons (Fsp3) is 0.583. The first-order valence-electron chi connectivity index (χ1n) is 5.10. The van der Waals surface area contributed by atoms with Crippen LogP contribution in [-0.4, -0.2) is 4.98 Å². The van der Waals surface area contributed by atoms with Gasteiger partial charge in [0, 0.05) is 11.9 Å². The number of aryl methyl sites for hydroxylation is 2. The Bertz CT molecular complexity index is 173. The Morgan fingerprint density at radius 1 is 1.15 bits per heavy atom. The van der Waals surface area contributed by atoms with Gasteiger partial charge in [-0.2, -0.15) is 0 Å². The first-order valence-corrected chi connectivity index (χ1v) is 5.10. The average molecular weight is 181 g/mol. The normalized spacial score (nSPS) is 7.54. The summed E-state index contributed by atoms with van der Waals surface area (Å²) in [6, 6.07) is 4.00.